The Kier molecular flexibility index (Phi) is 5.18. The fourth-order valence-electron chi connectivity index (χ4n) is 1.98. The quantitative estimate of drug-likeness (QED) is 0.791. The Morgan fingerprint density at radius 3 is 2.58 bits per heavy atom. The number of rotatable bonds is 5. The SMILES string of the molecule is COc1ccc(COC(=O)CN2CCNCC2)cc1. The van der Waals surface area contributed by atoms with Crippen LogP contribution in [0.1, 0.15) is 5.56 Å². The predicted molar refractivity (Wildman–Crippen MR) is 72.1 cm³/mol. The van der Waals surface area contributed by atoms with Crippen LogP contribution in [0.4, 0.5) is 0 Å². The van der Waals surface area contributed by atoms with Gasteiger partial charge in [0.1, 0.15) is 12.4 Å². The third-order valence-electron chi connectivity index (χ3n) is 3.12. The van der Waals surface area contributed by atoms with Crippen LogP contribution in [0.15, 0.2) is 24.3 Å². The first-order chi connectivity index (χ1) is 9.28. The van der Waals surface area contributed by atoms with Gasteiger partial charge in [-0.3, -0.25) is 9.69 Å². The van der Waals surface area contributed by atoms with Crippen LogP contribution in [0.2, 0.25) is 0 Å². The van der Waals surface area contributed by atoms with Crippen molar-refractivity contribution in [1.82, 2.24) is 10.2 Å². The fraction of sp³-hybridized carbons (Fsp3) is 0.500. The van der Waals surface area contributed by atoms with E-state index in [0.717, 1.165) is 37.5 Å². The van der Waals surface area contributed by atoms with Crippen LogP contribution in [-0.2, 0) is 16.1 Å². The van der Waals surface area contributed by atoms with E-state index < -0.39 is 0 Å². The maximum atomic E-state index is 11.7. The van der Waals surface area contributed by atoms with Gasteiger partial charge in [-0.15, -0.1) is 0 Å². The molecule has 1 heterocycles. The minimum Gasteiger partial charge on any atom is -0.497 e. The normalized spacial score (nSPS) is 16.1. The Hall–Kier alpha value is -1.59. The number of piperazine rings is 1. The van der Waals surface area contributed by atoms with Crippen molar-refractivity contribution in [3.63, 3.8) is 0 Å². The molecule has 0 aliphatic carbocycles. The summed E-state index contributed by atoms with van der Waals surface area (Å²) in [6, 6.07) is 7.52. The predicted octanol–water partition coefficient (Wildman–Crippen LogP) is 0.644. The van der Waals surface area contributed by atoms with Crippen molar-refractivity contribution < 1.29 is 14.3 Å². The molecule has 104 valence electrons. The molecule has 0 radical (unpaired) electrons. The van der Waals surface area contributed by atoms with Crippen molar-refractivity contribution in [2.24, 2.45) is 0 Å². The zero-order chi connectivity index (χ0) is 13.5. The van der Waals surface area contributed by atoms with Crippen LogP contribution < -0.4 is 10.1 Å². The first-order valence-electron chi connectivity index (χ1n) is 6.49. The molecule has 2 rings (SSSR count). The van der Waals surface area contributed by atoms with E-state index in [1.807, 2.05) is 24.3 Å². The molecular formula is C14H20N2O3. The number of hydrogen-bond donors (Lipinski definition) is 1. The lowest BCUT2D eigenvalue weighted by molar-refractivity contribution is -0.146. The zero-order valence-electron chi connectivity index (χ0n) is 11.2. The van der Waals surface area contributed by atoms with Crippen LogP contribution >= 0.6 is 0 Å². The second kappa shape index (κ2) is 7.11. The van der Waals surface area contributed by atoms with E-state index in [9.17, 15) is 4.79 Å². The second-order valence-corrected chi connectivity index (χ2v) is 4.53. The number of carbonyl (C=O) groups excluding carboxylic acids is 1. The zero-order valence-corrected chi connectivity index (χ0v) is 11.2. The first kappa shape index (κ1) is 13.8. The van der Waals surface area contributed by atoms with Crippen LogP contribution in [0.25, 0.3) is 0 Å². The third-order valence-corrected chi connectivity index (χ3v) is 3.12. The van der Waals surface area contributed by atoms with Gasteiger partial charge in [-0.05, 0) is 17.7 Å². The highest BCUT2D eigenvalue weighted by atomic mass is 16.5. The van der Waals surface area contributed by atoms with Gasteiger partial charge in [-0.2, -0.15) is 0 Å². The van der Waals surface area contributed by atoms with E-state index in [2.05, 4.69) is 10.2 Å². The molecule has 0 bridgehead atoms. The Morgan fingerprint density at radius 1 is 1.26 bits per heavy atom. The smallest absolute Gasteiger partial charge is 0.320 e. The van der Waals surface area contributed by atoms with E-state index in [4.69, 9.17) is 9.47 Å². The summed E-state index contributed by atoms with van der Waals surface area (Å²) in [5, 5.41) is 3.25. The Bertz CT molecular complexity index is 400. The number of hydrogen-bond acceptors (Lipinski definition) is 5. The van der Waals surface area contributed by atoms with Crippen molar-refractivity contribution in [2.45, 2.75) is 6.61 Å². The van der Waals surface area contributed by atoms with Gasteiger partial charge in [0, 0.05) is 26.2 Å². The number of benzene rings is 1. The molecule has 1 aliphatic heterocycles. The second-order valence-electron chi connectivity index (χ2n) is 4.53. The van der Waals surface area contributed by atoms with Gasteiger partial charge in [0.05, 0.1) is 13.7 Å². The third kappa shape index (κ3) is 4.54. The van der Waals surface area contributed by atoms with Gasteiger partial charge in [0.2, 0.25) is 0 Å². The van der Waals surface area contributed by atoms with Crippen LogP contribution in [0.3, 0.4) is 0 Å². The van der Waals surface area contributed by atoms with Gasteiger partial charge in [0.15, 0.2) is 0 Å². The van der Waals surface area contributed by atoms with E-state index in [1.54, 1.807) is 7.11 Å². The summed E-state index contributed by atoms with van der Waals surface area (Å²) in [6.45, 7) is 4.36. The van der Waals surface area contributed by atoms with Crippen LogP contribution in [-0.4, -0.2) is 50.7 Å². The molecule has 19 heavy (non-hydrogen) atoms. The lowest BCUT2D eigenvalue weighted by Gasteiger charge is -2.25. The molecule has 5 nitrogen and oxygen atoms in total. The average Bonchev–Trinajstić information content (AvgIpc) is 2.47. The molecule has 1 aromatic rings. The van der Waals surface area contributed by atoms with Gasteiger partial charge >= 0.3 is 5.97 Å². The molecular weight excluding hydrogens is 244 g/mol. The number of carbonyl (C=O) groups is 1. The summed E-state index contributed by atoms with van der Waals surface area (Å²) in [6.07, 6.45) is 0. The Morgan fingerprint density at radius 2 is 1.95 bits per heavy atom. The molecule has 0 unspecified atom stereocenters. The van der Waals surface area contributed by atoms with Gasteiger partial charge in [-0.1, -0.05) is 12.1 Å². The lowest BCUT2D eigenvalue weighted by Crippen LogP contribution is -2.45. The standard InChI is InChI=1S/C14H20N2O3/c1-18-13-4-2-12(3-5-13)11-19-14(17)10-16-8-6-15-7-9-16/h2-5,15H,6-11H2,1H3. The summed E-state index contributed by atoms with van der Waals surface area (Å²) < 4.78 is 10.3. The first-order valence-corrected chi connectivity index (χ1v) is 6.49. The number of esters is 1. The van der Waals surface area contributed by atoms with Crippen LogP contribution in [0, 0.1) is 0 Å². The molecule has 0 amide bonds. The summed E-state index contributed by atoms with van der Waals surface area (Å²) in [5.41, 5.74) is 0.967. The lowest BCUT2D eigenvalue weighted by atomic mass is 10.2. The van der Waals surface area contributed by atoms with E-state index in [-0.39, 0.29) is 5.97 Å². The maximum Gasteiger partial charge on any atom is 0.320 e. The molecule has 1 fully saturated rings. The molecule has 1 aromatic carbocycles. The van der Waals surface area contributed by atoms with Crippen molar-refractivity contribution in [2.75, 3.05) is 39.8 Å². The van der Waals surface area contributed by atoms with E-state index in [0.29, 0.717) is 13.2 Å². The molecule has 1 saturated heterocycles. The molecule has 0 spiro atoms. The van der Waals surface area contributed by atoms with Gasteiger partial charge in [0.25, 0.3) is 0 Å². The number of nitrogens with one attached hydrogen (secondary N) is 1. The molecule has 0 atom stereocenters. The Labute approximate surface area is 113 Å². The number of nitrogens with zero attached hydrogens (tertiary/aromatic N) is 1. The highest BCUT2D eigenvalue weighted by molar-refractivity contribution is 5.71. The summed E-state index contributed by atoms with van der Waals surface area (Å²) in [7, 11) is 1.63. The highest BCUT2D eigenvalue weighted by Gasteiger charge is 2.14. The molecule has 1 aliphatic rings. The summed E-state index contributed by atoms with van der Waals surface area (Å²) in [5.74, 6) is 0.633. The van der Waals surface area contributed by atoms with Crippen molar-refractivity contribution in [3.05, 3.63) is 29.8 Å². The van der Waals surface area contributed by atoms with Crippen molar-refractivity contribution in [3.8, 4) is 5.75 Å². The number of methoxy groups -OCH3 is 1. The maximum absolute atomic E-state index is 11.7. The Balaban J connectivity index is 1.72. The topological polar surface area (TPSA) is 50.8 Å². The highest BCUT2D eigenvalue weighted by Crippen LogP contribution is 2.12. The largest absolute Gasteiger partial charge is 0.497 e. The summed E-state index contributed by atoms with van der Waals surface area (Å²) >= 11 is 0. The fourth-order valence-corrected chi connectivity index (χ4v) is 1.98. The van der Waals surface area contributed by atoms with E-state index >= 15 is 0 Å². The van der Waals surface area contributed by atoms with Crippen molar-refractivity contribution in [1.29, 1.82) is 0 Å². The molecule has 5 heteroatoms. The van der Waals surface area contributed by atoms with Gasteiger partial charge in [-0.25, -0.2) is 0 Å². The average molecular weight is 264 g/mol. The molecule has 1 N–H and O–H groups in total. The minimum atomic E-state index is -0.169. The van der Waals surface area contributed by atoms with Gasteiger partial charge < -0.3 is 14.8 Å². The molecule has 0 aromatic heterocycles. The van der Waals surface area contributed by atoms with Crippen LogP contribution in [0.5, 0.6) is 5.75 Å². The minimum absolute atomic E-state index is 0.169. The van der Waals surface area contributed by atoms with Crippen molar-refractivity contribution >= 4 is 5.97 Å². The molecule has 0 saturated carbocycles. The number of ether oxygens (including phenoxy) is 2. The monoisotopic (exact) mass is 264 g/mol. The summed E-state index contributed by atoms with van der Waals surface area (Å²) in [4.78, 5) is 13.8. The van der Waals surface area contributed by atoms with E-state index in [1.165, 1.54) is 0 Å².